The van der Waals surface area contributed by atoms with Gasteiger partial charge in [0.2, 0.25) is 0 Å². The molecule has 0 spiro atoms. The zero-order valence-corrected chi connectivity index (χ0v) is 11.3. The molecular weight excluding hydrogens is 283 g/mol. The van der Waals surface area contributed by atoms with Crippen molar-refractivity contribution in [1.82, 2.24) is 0 Å². The first-order valence-corrected chi connectivity index (χ1v) is 6.37. The van der Waals surface area contributed by atoms with E-state index in [1.54, 1.807) is 24.3 Å². The van der Waals surface area contributed by atoms with Crippen molar-refractivity contribution in [2.45, 2.75) is 6.42 Å². The monoisotopic (exact) mass is 294 g/mol. The minimum absolute atomic E-state index is 0.173. The number of benzene rings is 2. The summed E-state index contributed by atoms with van der Waals surface area (Å²) in [5.74, 6) is -0.290. The van der Waals surface area contributed by atoms with Gasteiger partial charge in [0.1, 0.15) is 5.75 Å². The molecule has 0 aliphatic heterocycles. The second-order valence-corrected chi connectivity index (χ2v) is 4.55. The molecule has 2 aromatic rings. The molecule has 20 heavy (non-hydrogen) atoms. The van der Waals surface area contributed by atoms with E-state index in [1.165, 1.54) is 12.1 Å². The Morgan fingerprint density at radius 3 is 2.55 bits per heavy atom. The summed E-state index contributed by atoms with van der Waals surface area (Å²) in [5.41, 5.74) is 1.15. The van der Waals surface area contributed by atoms with E-state index in [-0.39, 0.29) is 5.56 Å². The van der Waals surface area contributed by atoms with Crippen molar-refractivity contribution in [3.63, 3.8) is 0 Å². The third kappa shape index (κ3) is 3.96. The summed E-state index contributed by atoms with van der Waals surface area (Å²) in [7, 11) is 0. The number of hydrogen-bond acceptors (Lipinski definition) is 3. The maximum absolute atomic E-state index is 11.7. The van der Waals surface area contributed by atoms with Gasteiger partial charge in [-0.1, -0.05) is 29.8 Å². The van der Waals surface area contributed by atoms with E-state index in [0.717, 1.165) is 5.56 Å². The highest BCUT2D eigenvalue weighted by Gasteiger charge is 2.06. The molecule has 0 unspecified atom stereocenters. The molecule has 2 rings (SSSR count). The molecule has 2 aromatic carbocycles. The van der Waals surface area contributed by atoms with Crippen LogP contribution in [0.2, 0.25) is 5.02 Å². The lowest BCUT2D eigenvalue weighted by atomic mass is 10.1. The maximum Gasteiger partial charge on any atom is 0.379 e. The van der Waals surface area contributed by atoms with Crippen molar-refractivity contribution in [3.05, 3.63) is 64.7 Å². The van der Waals surface area contributed by atoms with Crippen molar-refractivity contribution >= 4 is 17.6 Å². The highest BCUT2D eigenvalue weighted by Crippen LogP contribution is 2.17. The van der Waals surface area contributed by atoms with Gasteiger partial charge in [-0.3, -0.25) is 0 Å². The SMILES string of the molecule is O=C(OF)c1ccc(CCOc2cccc(Cl)c2)cc1. The van der Waals surface area contributed by atoms with Crippen LogP contribution in [0.5, 0.6) is 5.75 Å². The van der Waals surface area contributed by atoms with Crippen LogP contribution in [-0.2, 0) is 11.4 Å². The van der Waals surface area contributed by atoms with Crippen molar-refractivity contribution in [1.29, 1.82) is 0 Å². The topological polar surface area (TPSA) is 35.5 Å². The highest BCUT2D eigenvalue weighted by atomic mass is 35.5. The lowest BCUT2D eigenvalue weighted by Gasteiger charge is -2.06. The molecule has 0 aromatic heterocycles. The van der Waals surface area contributed by atoms with Gasteiger partial charge in [0.05, 0.1) is 12.2 Å². The van der Waals surface area contributed by atoms with Crippen LogP contribution in [0.25, 0.3) is 0 Å². The van der Waals surface area contributed by atoms with Crippen LogP contribution < -0.4 is 4.74 Å². The smallest absolute Gasteiger partial charge is 0.379 e. The lowest BCUT2D eigenvalue weighted by Crippen LogP contribution is -2.02. The first-order chi connectivity index (χ1) is 9.69. The standard InChI is InChI=1S/C15H12ClFO3/c16-13-2-1-3-14(10-13)19-9-8-11-4-6-12(7-5-11)15(18)20-17/h1-7,10H,8-9H2. The van der Waals surface area contributed by atoms with E-state index >= 15 is 0 Å². The van der Waals surface area contributed by atoms with E-state index < -0.39 is 5.97 Å². The van der Waals surface area contributed by atoms with Crippen LogP contribution in [0.4, 0.5) is 4.53 Å². The maximum atomic E-state index is 11.7. The second kappa shape index (κ2) is 6.91. The zero-order valence-electron chi connectivity index (χ0n) is 10.5. The van der Waals surface area contributed by atoms with Crippen LogP contribution in [0.15, 0.2) is 48.5 Å². The van der Waals surface area contributed by atoms with Crippen molar-refractivity contribution in [2.24, 2.45) is 0 Å². The summed E-state index contributed by atoms with van der Waals surface area (Å²) in [6, 6.07) is 13.6. The minimum atomic E-state index is -0.994. The molecule has 0 atom stereocenters. The molecule has 0 N–H and O–H groups in total. The first kappa shape index (κ1) is 14.3. The van der Waals surface area contributed by atoms with Gasteiger partial charge in [0, 0.05) is 16.0 Å². The molecule has 0 aliphatic rings. The Kier molecular flexibility index (Phi) is 4.96. The number of carbonyl (C=O) groups is 1. The molecule has 0 saturated carbocycles. The van der Waals surface area contributed by atoms with E-state index in [0.29, 0.717) is 23.8 Å². The fourth-order valence-corrected chi connectivity index (χ4v) is 1.88. The molecule has 104 valence electrons. The fourth-order valence-electron chi connectivity index (χ4n) is 1.70. The van der Waals surface area contributed by atoms with Gasteiger partial charge < -0.3 is 4.74 Å². The Balaban J connectivity index is 1.86. The normalized spacial score (nSPS) is 10.1. The second-order valence-electron chi connectivity index (χ2n) is 4.12. The third-order valence-corrected chi connectivity index (χ3v) is 2.95. The Bertz CT molecular complexity index is 584. The number of rotatable bonds is 5. The van der Waals surface area contributed by atoms with Gasteiger partial charge in [-0.15, -0.1) is 0 Å². The first-order valence-electron chi connectivity index (χ1n) is 5.99. The Labute approximate surface area is 120 Å². The van der Waals surface area contributed by atoms with Crippen molar-refractivity contribution in [2.75, 3.05) is 6.61 Å². The zero-order chi connectivity index (χ0) is 14.4. The van der Waals surface area contributed by atoms with E-state index in [1.807, 2.05) is 12.1 Å². The molecule has 0 bridgehead atoms. The average molecular weight is 295 g/mol. The molecule has 0 radical (unpaired) electrons. The molecule has 0 heterocycles. The third-order valence-electron chi connectivity index (χ3n) is 2.72. The molecule has 3 nitrogen and oxygen atoms in total. The van der Waals surface area contributed by atoms with Crippen LogP contribution >= 0.6 is 11.6 Å². The highest BCUT2D eigenvalue weighted by molar-refractivity contribution is 6.30. The largest absolute Gasteiger partial charge is 0.493 e. The quantitative estimate of drug-likeness (QED) is 0.836. The van der Waals surface area contributed by atoms with Gasteiger partial charge in [-0.05, 0) is 35.9 Å². The number of ether oxygens (including phenoxy) is 1. The van der Waals surface area contributed by atoms with Gasteiger partial charge >= 0.3 is 5.97 Å². The van der Waals surface area contributed by atoms with Gasteiger partial charge in [0.25, 0.3) is 0 Å². The van der Waals surface area contributed by atoms with Crippen LogP contribution in [0, 0.1) is 0 Å². The van der Waals surface area contributed by atoms with Gasteiger partial charge in [-0.2, -0.15) is 0 Å². The van der Waals surface area contributed by atoms with Crippen LogP contribution in [0.1, 0.15) is 15.9 Å². The molecule has 0 amide bonds. The van der Waals surface area contributed by atoms with Crippen molar-refractivity contribution in [3.8, 4) is 5.75 Å². The summed E-state index contributed by atoms with van der Waals surface area (Å²) in [5, 5.41) is 0.622. The predicted octanol–water partition coefficient (Wildman–Crippen LogP) is 4.00. The summed E-state index contributed by atoms with van der Waals surface area (Å²) < 4.78 is 17.3. The number of hydrogen-bond donors (Lipinski definition) is 0. The van der Waals surface area contributed by atoms with Gasteiger partial charge in [0.15, 0.2) is 0 Å². The van der Waals surface area contributed by atoms with E-state index in [4.69, 9.17) is 16.3 Å². The van der Waals surface area contributed by atoms with Crippen molar-refractivity contribution < 1.29 is 19.0 Å². The number of halogens is 2. The lowest BCUT2D eigenvalue weighted by molar-refractivity contribution is -0.0788. The summed E-state index contributed by atoms with van der Waals surface area (Å²) in [6.07, 6.45) is 0.664. The Hall–Kier alpha value is -2.07. The van der Waals surface area contributed by atoms with Crippen LogP contribution in [-0.4, -0.2) is 12.6 Å². The average Bonchev–Trinajstić information content (AvgIpc) is 2.47. The molecule has 0 fully saturated rings. The van der Waals surface area contributed by atoms with Gasteiger partial charge in [-0.25, -0.2) is 9.74 Å². The summed E-state index contributed by atoms with van der Waals surface area (Å²) >= 11 is 5.85. The summed E-state index contributed by atoms with van der Waals surface area (Å²) in [6.45, 7) is 0.479. The minimum Gasteiger partial charge on any atom is -0.493 e. The molecule has 5 heteroatoms. The fraction of sp³-hybridized carbons (Fsp3) is 0.133. The predicted molar refractivity (Wildman–Crippen MR) is 73.6 cm³/mol. The Morgan fingerprint density at radius 2 is 1.90 bits per heavy atom. The molecular formula is C15H12ClFO3. The van der Waals surface area contributed by atoms with E-state index in [2.05, 4.69) is 4.94 Å². The molecule has 0 aliphatic carbocycles. The number of carbonyl (C=O) groups excluding carboxylic acids is 1. The van der Waals surface area contributed by atoms with E-state index in [9.17, 15) is 9.32 Å². The Morgan fingerprint density at radius 1 is 1.15 bits per heavy atom. The molecule has 0 saturated heterocycles. The summed E-state index contributed by atoms with van der Waals surface area (Å²) in [4.78, 5) is 14.1. The van der Waals surface area contributed by atoms with Crippen LogP contribution in [0.3, 0.4) is 0 Å².